The summed E-state index contributed by atoms with van der Waals surface area (Å²) in [6, 6.07) is 6.29. The Balaban J connectivity index is 1.58. The van der Waals surface area contributed by atoms with Gasteiger partial charge in [0.05, 0.1) is 6.26 Å². The van der Waals surface area contributed by atoms with Gasteiger partial charge >= 0.3 is 0 Å². The number of rotatable bonds is 3. The molecule has 1 aromatic heterocycles. The normalized spacial score (nSPS) is 15.3. The van der Waals surface area contributed by atoms with E-state index in [1.54, 1.807) is 17.0 Å². The van der Waals surface area contributed by atoms with Crippen molar-refractivity contribution in [3.63, 3.8) is 0 Å². The van der Waals surface area contributed by atoms with Gasteiger partial charge in [-0.15, -0.1) is 0 Å². The third-order valence-corrected chi connectivity index (χ3v) is 4.04. The van der Waals surface area contributed by atoms with E-state index in [2.05, 4.69) is 5.32 Å². The molecule has 0 radical (unpaired) electrons. The third kappa shape index (κ3) is 3.29. The van der Waals surface area contributed by atoms with Crippen molar-refractivity contribution in [2.45, 2.75) is 18.9 Å². The number of hydrogen-bond donors (Lipinski definition) is 1. The van der Waals surface area contributed by atoms with Crippen molar-refractivity contribution in [3.8, 4) is 0 Å². The molecule has 7 heteroatoms. The maximum atomic E-state index is 13.6. The second-order valence-electron chi connectivity index (χ2n) is 5.61. The predicted molar refractivity (Wildman–Crippen MR) is 81.5 cm³/mol. The van der Waals surface area contributed by atoms with Gasteiger partial charge in [0.1, 0.15) is 17.2 Å². The van der Waals surface area contributed by atoms with Gasteiger partial charge in [0.25, 0.3) is 11.8 Å². The molecule has 1 saturated heterocycles. The molecule has 2 amide bonds. The van der Waals surface area contributed by atoms with E-state index in [0.717, 1.165) is 12.1 Å². The Kier molecular flexibility index (Phi) is 4.59. The van der Waals surface area contributed by atoms with Crippen molar-refractivity contribution < 1.29 is 22.8 Å². The quantitative estimate of drug-likeness (QED) is 0.938. The molecule has 5 nitrogen and oxygen atoms in total. The number of furan rings is 1. The number of amides is 2. The fourth-order valence-electron chi connectivity index (χ4n) is 2.76. The molecule has 0 unspecified atom stereocenters. The molecule has 0 aliphatic carbocycles. The smallest absolute Gasteiger partial charge is 0.289 e. The van der Waals surface area contributed by atoms with Crippen LogP contribution in [0.5, 0.6) is 0 Å². The van der Waals surface area contributed by atoms with Gasteiger partial charge in [0.15, 0.2) is 5.76 Å². The molecule has 0 bridgehead atoms. The van der Waals surface area contributed by atoms with Gasteiger partial charge in [-0.05, 0) is 37.1 Å². The van der Waals surface area contributed by atoms with Gasteiger partial charge in [0.2, 0.25) is 0 Å². The molecule has 2 heterocycles. The molecule has 24 heavy (non-hydrogen) atoms. The molecule has 0 saturated carbocycles. The van der Waals surface area contributed by atoms with Crippen LogP contribution in [-0.2, 0) is 0 Å². The summed E-state index contributed by atoms with van der Waals surface area (Å²) in [5.41, 5.74) is -0.577. The minimum atomic E-state index is -0.891. The molecular weight excluding hydrogens is 318 g/mol. The van der Waals surface area contributed by atoms with E-state index in [1.165, 1.54) is 12.3 Å². The van der Waals surface area contributed by atoms with Gasteiger partial charge in [-0.2, -0.15) is 0 Å². The number of carbonyl (C=O) groups is 2. The molecule has 1 aromatic carbocycles. The van der Waals surface area contributed by atoms with E-state index >= 15 is 0 Å². The maximum Gasteiger partial charge on any atom is 0.289 e. The number of carbonyl (C=O) groups excluding carboxylic acids is 2. The topological polar surface area (TPSA) is 62.6 Å². The molecule has 1 fully saturated rings. The zero-order chi connectivity index (χ0) is 17.1. The van der Waals surface area contributed by atoms with Crippen LogP contribution in [0.15, 0.2) is 41.0 Å². The van der Waals surface area contributed by atoms with Crippen LogP contribution < -0.4 is 5.32 Å². The van der Waals surface area contributed by atoms with E-state index in [1.807, 2.05) is 0 Å². The summed E-state index contributed by atoms with van der Waals surface area (Å²) < 4.78 is 32.3. The Hall–Kier alpha value is -2.70. The van der Waals surface area contributed by atoms with Crippen LogP contribution in [0.25, 0.3) is 0 Å². The molecule has 1 N–H and O–H groups in total. The Morgan fingerprint density at radius 1 is 1.08 bits per heavy atom. The second kappa shape index (κ2) is 6.82. The van der Waals surface area contributed by atoms with Crippen LogP contribution >= 0.6 is 0 Å². The molecule has 126 valence electrons. The minimum Gasteiger partial charge on any atom is -0.459 e. The van der Waals surface area contributed by atoms with Crippen LogP contribution in [0, 0.1) is 11.6 Å². The molecule has 1 aliphatic heterocycles. The summed E-state index contributed by atoms with van der Waals surface area (Å²) in [6.07, 6.45) is 2.45. The van der Waals surface area contributed by atoms with Gasteiger partial charge in [-0.3, -0.25) is 9.59 Å². The van der Waals surface area contributed by atoms with Crippen molar-refractivity contribution in [2.24, 2.45) is 0 Å². The van der Waals surface area contributed by atoms with Crippen molar-refractivity contribution >= 4 is 11.8 Å². The monoisotopic (exact) mass is 334 g/mol. The number of hydrogen-bond acceptors (Lipinski definition) is 3. The van der Waals surface area contributed by atoms with E-state index in [4.69, 9.17) is 4.42 Å². The maximum absolute atomic E-state index is 13.6. The number of likely N-dealkylation sites (tertiary alicyclic amines) is 1. The van der Waals surface area contributed by atoms with E-state index in [9.17, 15) is 18.4 Å². The first-order valence-corrected chi connectivity index (χ1v) is 7.64. The SMILES string of the molecule is O=C(NC1CCN(C(=O)c2ccco2)CC1)c1c(F)cccc1F. The van der Waals surface area contributed by atoms with Crippen molar-refractivity contribution in [2.75, 3.05) is 13.1 Å². The lowest BCUT2D eigenvalue weighted by Gasteiger charge is -2.31. The van der Waals surface area contributed by atoms with E-state index in [0.29, 0.717) is 25.9 Å². The number of benzene rings is 1. The Morgan fingerprint density at radius 3 is 2.33 bits per heavy atom. The van der Waals surface area contributed by atoms with E-state index < -0.39 is 23.1 Å². The fraction of sp³-hybridized carbons (Fsp3) is 0.294. The summed E-state index contributed by atoms with van der Waals surface area (Å²) in [7, 11) is 0. The number of nitrogens with zero attached hydrogens (tertiary/aromatic N) is 1. The van der Waals surface area contributed by atoms with Crippen molar-refractivity contribution in [3.05, 3.63) is 59.6 Å². The molecule has 1 aliphatic rings. The van der Waals surface area contributed by atoms with Crippen LogP contribution in [0.3, 0.4) is 0 Å². The fourth-order valence-corrected chi connectivity index (χ4v) is 2.76. The predicted octanol–water partition coefficient (Wildman–Crippen LogP) is 2.59. The Morgan fingerprint density at radius 2 is 1.75 bits per heavy atom. The number of piperidine rings is 1. The Bertz CT molecular complexity index is 718. The first-order valence-electron chi connectivity index (χ1n) is 7.64. The molecule has 0 spiro atoms. The van der Waals surface area contributed by atoms with Crippen LogP contribution in [0.2, 0.25) is 0 Å². The van der Waals surface area contributed by atoms with Gasteiger partial charge in [-0.1, -0.05) is 6.07 Å². The second-order valence-corrected chi connectivity index (χ2v) is 5.61. The van der Waals surface area contributed by atoms with Gasteiger partial charge in [0, 0.05) is 19.1 Å². The van der Waals surface area contributed by atoms with Gasteiger partial charge in [-0.25, -0.2) is 8.78 Å². The highest BCUT2D eigenvalue weighted by molar-refractivity contribution is 5.95. The molecule has 3 rings (SSSR count). The van der Waals surface area contributed by atoms with Crippen LogP contribution in [-0.4, -0.2) is 35.8 Å². The lowest BCUT2D eigenvalue weighted by molar-refractivity contribution is 0.0667. The van der Waals surface area contributed by atoms with Crippen molar-refractivity contribution in [1.82, 2.24) is 10.2 Å². The van der Waals surface area contributed by atoms with Crippen LogP contribution in [0.4, 0.5) is 8.78 Å². The summed E-state index contributed by atoms with van der Waals surface area (Å²) in [6.45, 7) is 0.870. The highest BCUT2D eigenvalue weighted by Crippen LogP contribution is 2.17. The first-order chi connectivity index (χ1) is 11.6. The highest BCUT2D eigenvalue weighted by atomic mass is 19.1. The lowest BCUT2D eigenvalue weighted by atomic mass is 10.0. The number of nitrogens with one attached hydrogen (secondary N) is 1. The Labute approximate surface area is 137 Å². The van der Waals surface area contributed by atoms with E-state index in [-0.39, 0.29) is 17.7 Å². The molecule has 2 aromatic rings. The zero-order valence-electron chi connectivity index (χ0n) is 12.8. The van der Waals surface area contributed by atoms with Crippen LogP contribution in [0.1, 0.15) is 33.8 Å². The molecular formula is C17H16F2N2O3. The standard InChI is InChI=1S/C17H16F2N2O3/c18-12-3-1-4-13(19)15(12)16(22)20-11-6-8-21(9-7-11)17(23)14-5-2-10-24-14/h1-5,10-11H,6-9H2,(H,20,22). The summed E-state index contributed by atoms with van der Waals surface area (Å²) in [4.78, 5) is 25.8. The first kappa shape index (κ1) is 16.2. The minimum absolute atomic E-state index is 0.204. The molecule has 0 atom stereocenters. The lowest BCUT2D eigenvalue weighted by Crippen LogP contribution is -2.46. The largest absolute Gasteiger partial charge is 0.459 e. The highest BCUT2D eigenvalue weighted by Gasteiger charge is 2.27. The summed E-state index contributed by atoms with van der Waals surface area (Å²) >= 11 is 0. The zero-order valence-corrected chi connectivity index (χ0v) is 12.8. The average molecular weight is 334 g/mol. The summed E-state index contributed by atoms with van der Waals surface area (Å²) in [5.74, 6) is -2.49. The number of halogens is 2. The van der Waals surface area contributed by atoms with Gasteiger partial charge < -0.3 is 14.6 Å². The third-order valence-electron chi connectivity index (χ3n) is 4.04. The summed E-state index contributed by atoms with van der Waals surface area (Å²) in [5, 5.41) is 2.63. The van der Waals surface area contributed by atoms with Crippen molar-refractivity contribution in [1.29, 1.82) is 0 Å². The average Bonchev–Trinajstić information content (AvgIpc) is 3.09.